The molecule has 154 valence electrons. The van der Waals surface area contributed by atoms with Crippen LogP contribution in [0.3, 0.4) is 0 Å². The summed E-state index contributed by atoms with van der Waals surface area (Å²) in [5.41, 5.74) is 0.873. The molecule has 4 heterocycles. The first-order valence-corrected chi connectivity index (χ1v) is 10.8. The number of carbonyl (C=O) groups is 1. The van der Waals surface area contributed by atoms with Crippen molar-refractivity contribution in [3.05, 3.63) is 30.2 Å². The molecule has 0 unspecified atom stereocenters. The van der Waals surface area contributed by atoms with Gasteiger partial charge in [-0.1, -0.05) is 36.9 Å². The van der Waals surface area contributed by atoms with E-state index in [4.69, 9.17) is 4.52 Å². The molecule has 1 aliphatic carbocycles. The van der Waals surface area contributed by atoms with Crippen molar-refractivity contribution in [3.8, 4) is 11.6 Å². The third kappa shape index (κ3) is 3.68. The minimum absolute atomic E-state index is 0.131. The number of nitrogens with zero attached hydrogens (tertiary/aromatic N) is 5. The Kier molecular flexibility index (Phi) is 4.86. The summed E-state index contributed by atoms with van der Waals surface area (Å²) < 4.78 is 5.46. The topological polar surface area (TPSA) is 75.4 Å². The van der Waals surface area contributed by atoms with E-state index >= 15 is 0 Å². The SMILES string of the molecule is CN1CC2(C[C@H]1c1noc(-c3ccccn3)n1)CN(C(=O)CCC1CCCC1)C2. The molecule has 1 saturated carbocycles. The minimum Gasteiger partial charge on any atom is -0.341 e. The Morgan fingerprint density at radius 3 is 2.83 bits per heavy atom. The van der Waals surface area contributed by atoms with E-state index in [1.54, 1.807) is 6.20 Å². The molecule has 0 bridgehead atoms. The maximum absolute atomic E-state index is 12.6. The second-order valence-corrected chi connectivity index (χ2v) is 9.25. The van der Waals surface area contributed by atoms with E-state index < -0.39 is 0 Å². The van der Waals surface area contributed by atoms with Gasteiger partial charge in [0.25, 0.3) is 5.89 Å². The Bertz CT molecular complexity index is 855. The predicted octanol–water partition coefficient (Wildman–Crippen LogP) is 3.31. The molecule has 2 aromatic heterocycles. The van der Waals surface area contributed by atoms with Gasteiger partial charge in [-0.15, -0.1) is 0 Å². The van der Waals surface area contributed by atoms with Gasteiger partial charge < -0.3 is 9.42 Å². The van der Waals surface area contributed by atoms with E-state index in [0.29, 0.717) is 17.5 Å². The van der Waals surface area contributed by atoms with Crippen LogP contribution in [0.5, 0.6) is 0 Å². The Labute approximate surface area is 171 Å². The fraction of sp³-hybridized carbons (Fsp3) is 0.636. The standard InChI is InChI=1S/C22H29N5O2/c1-26-13-22(14-27(15-22)19(28)10-9-16-6-2-3-7-16)12-18(26)20-24-21(29-25-20)17-8-4-5-11-23-17/h4-5,8,11,16,18H,2-3,6-7,9-10,12-15H2,1H3/t18-/m0/s1. The summed E-state index contributed by atoms with van der Waals surface area (Å²) in [5, 5.41) is 4.23. The number of aromatic nitrogens is 3. The summed E-state index contributed by atoms with van der Waals surface area (Å²) >= 11 is 0. The molecule has 1 amide bonds. The number of carbonyl (C=O) groups excluding carboxylic acids is 1. The van der Waals surface area contributed by atoms with Crippen molar-refractivity contribution in [1.82, 2.24) is 24.9 Å². The average Bonchev–Trinajstić information content (AvgIpc) is 3.45. The molecule has 1 atom stereocenters. The molecule has 7 heteroatoms. The Balaban J connectivity index is 1.18. The average molecular weight is 396 g/mol. The van der Waals surface area contributed by atoms with E-state index in [9.17, 15) is 4.79 Å². The van der Waals surface area contributed by atoms with E-state index in [2.05, 4.69) is 32.0 Å². The molecule has 2 aliphatic heterocycles. The highest BCUT2D eigenvalue weighted by Gasteiger charge is 2.52. The monoisotopic (exact) mass is 395 g/mol. The summed E-state index contributed by atoms with van der Waals surface area (Å²) in [5.74, 6) is 2.30. The minimum atomic E-state index is 0.131. The van der Waals surface area contributed by atoms with Gasteiger partial charge in [-0.25, -0.2) is 0 Å². The first-order valence-electron chi connectivity index (χ1n) is 10.8. The van der Waals surface area contributed by atoms with Crippen molar-refractivity contribution in [1.29, 1.82) is 0 Å². The van der Waals surface area contributed by atoms with Crippen LogP contribution < -0.4 is 0 Å². The molecule has 2 saturated heterocycles. The third-order valence-corrected chi connectivity index (χ3v) is 7.01. The zero-order valence-electron chi connectivity index (χ0n) is 17.1. The van der Waals surface area contributed by atoms with Gasteiger partial charge in [0.15, 0.2) is 5.82 Å². The molecule has 1 spiro atoms. The van der Waals surface area contributed by atoms with E-state index in [1.165, 1.54) is 25.7 Å². The number of pyridine rings is 1. The number of rotatable bonds is 5. The van der Waals surface area contributed by atoms with Crippen molar-refractivity contribution >= 4 is 5.91 Å². The van der Waals surface area contributed by atoms with Gasteiger partial charge in [-0.2, -0.15) is 4.98 Å². The van der Waals surface area contributed by atoms with Gasteiger partial charge in [-0.05, 0) is 37.9 Å². The number of likely N-dealkylation sites (tertiary alicyclic amines) is 2. The first-order chi connectivity index (χ1) is 14.1. The van der Waals surface area contributed by atoms with E-state index in [0.717, 1.165) is 50.6 Å². The number of hydrogen-bond acceptors (Lipinski definition) is 6. The van der Waals surface area contributed by atoms with Gasteiger partial charge in [0.1, 0.15) is 5.69 Å². The summed E-state index contributed by atoms with van der Waals surface area (Å²) in [4.78, 5) is 25.8. The molecule has 0 N–H and O–H groups in total. The summed E-state index contributed by atoms with van der Waals surface area (Å²) in [6.45, 7) is 2.70. The van der Waals surface area contributed by atoms with Gasteiger partial charge >= 0.3 is 0 Å². The Morgan fingerprint density at radius 1 is 1.24 bits per heavy atom. The van der Waals surface area contributed by atoms with Crippen LogP contribution in [0.25, 0.3) is 11.6 Å². The number of hydrogen-bond donors (Lipinski definition) is 0. The Morgan fingerprint density at radius 2 is 2.07 bits per heavy atom. The highest BCUT2D eigenvalue weighted by atomic mass is 16.5. The maximum atomic E-state index is 12.6. The predicted molar refractivity (Wildman–Crippen MR) is 108 cm³/mol. The van der Waals surface area contributed by atoms with E-state index in [-0.39, 0.29) is 11.5 Å². The second kappa shape index (κ2) is 7.52. The molecule has 7 nitrogen and oxygen atoms in total. The lowest BCUT2D eigenvalue weighted by Crippen LogP contribution is -2.59. The largest absolute Gasteiger partial charge is 0.341 e. The van der Waals surface area contributed by atoms with Crippen LogP contribution >= 0.6 is 0 Å². The summed E-state index contributed by atoms with van der Waals surface area (Å²) in [6, 6.07) is 5.78. The number of amides is 1. The highest BCUT2D eigenvalue weighted by molar-refractivity contribution is 5.77. The normalized spacial score (nSPS) is 24.3. The van der Waals surface area contributed by atoms with E-state index in [1.807, 2.05) is 18.2 Å². The zero-order chi connectivity index (χ0) is 19.8. The smallest absolute Gasteiger partial charge is 0.276 e. The quantitative estimate of drug-likeness (QED) is 0.773. The molecule has 0 radical (unpaired) electrons. The zero-order valence-corrected chi connectivity index (χ0v) is 17.1. The lowest BCUT2D eigenvalue weighted by molar-refractivity contribution is -0.143. The van der Waals surface area contributed by atoms with Crippen molar-refractivity contribution in [3.63, 3.8) is 0 Å². The van der Waals surface area contributed by atoms with Crippen molar-refractivity contribution in [2.75, 3.05) is 26.7 Å². The molecular formula is C22H29N5O2. The fourth-order valence-electron chi connectivity index (χ4n) is 5.48. The Hall–Kier alpha value is -2.28. The van der Waals surface area contributed by atoms with Crippen LogP contribution in [0.15, 0.2) is 28.9 Å². The van der Waals surface area contributed by atoms with Crippen LogP contribution in [0.2, 0.25) is 0 Å². The molecule has 5 rings (SSSR count). The highest BCUT2D eigenvalue weighted by Crippen LogP contribution is 2.47. The second-order valence-electron chi connectivity index (χ2n) is 9.25. The third-order valence-electron chi connectivity index (χ3n) is 7.01. The van der Waals surface area contributed by atoms with Gasteiger partial charge in [0, 0.05) is 37.7 Å². The van der Waals surface area contributed by atoms with Crippen molar-refractivity contribution in [2.24, 2.45) is 11.3 Å². The van der Waals surface area contributed by atoms with Crippen molar-refractivity contribution < 1.29 is 9.32 Å². The summed E-state index contributed by atoms with van der Waals surface area (Å²) in [7, 11) is 2.11. The lowest BCUT2D eigenvalue weighted by atomic mass is 9.77. The summed E-state index contributed by atoms with van der Waals surface area (Å²) in [6.07, 6.45) is 9.81. The maximum Gasteiger partial charge on any atom is 0.276 e. The molecule has 3 fully saturated rings. The van der Waals surface area contributed by atoms with Crippen LogP contribution in [0.4, 0.5) is 0 Å². The van der Waals surface area contributed by atoms with Crippen LogP contribution in [0, 0.1) is 11.3 Å². The molecular weight excluding hydrogens is 366 g/mol. The lowest BCUT2D eigenvalue weighted by Gasteiger charge is -2.48. The van der Waals surface area contributed by atoms with Gasteiger partial charge in [-0.3, -0.25) is 14.7 Å². The van der Waals surface area contributed by atoms with Crippen LogP contribution in [-0.2, 0) is 4.79 Å². The first kappa shape index (κ1) is 18.7. The molecule has 29 heavy (non-hydrogen) atoms. The molecule has 3 aliphatic rings. The van der Waals surface area contributed by atoms with Crippen LogP contribution in [-0.4, -0.2) is 57.5 Å². The fourth-order valence-corrected chi connectivity index (χ4v) is 5.48. The van der Waals surface area contributed by atoms with Gasteiger partial charge in [0.05, 0.1) is 6.04 Å². The molecule has 0 aromatic carbocycles. The molecule has 2 aromatic rings. The van der Waals surface area contributed by atoms with Crippen molar-refractivity contribution in [2.45, 2.75) is 51.0 Å². The van der Waals surface area contributed by atoms with Crippen LogP contribution in [0.1, 0.15) is 56.8 Å². The van der Waals surface area contributed by atoms with Gasteiger partial charge in [0.2, 0.25) is 5.91 Å².